The van der Waals surface area contributed by atoms with Crippen molar-refractivity contribution in [2.75, 3.05) is 14.2 Å². The smallest absolute Gasteiger partial charge is 0.276 e. The number of hydrogen-bond acceptors (Lipinski definition) is 5. The Morgan fingerprint density at radius 3 is 2.50 bits per heavy atom. The highest BCUT2D eigenvalue weighted by Gasteiger charge is 2.17. The van der Waals surface area contributed by atoms with Crippen molar-refractivity contribution in [1.29, 1.82) is 0 Å². The molecule has 0 saturated heterocycles. The van der Waals surface area contributed by atoms with E-state index in [0.717, 1.165) is 16.8 Å². The molecule has 0 fully saturated rings. The number of hydrogen-bond donors (Lipinski definition) is 1. The highest BCUT2D eigenvalue weighted by atomic mass is 16.5. The highest BCUT2D eigenvalue weighted by molar-refractivity contribution is 5.65. The first-order valence-corrected chi connectivity index (χ1v) is 9.56. The van der Waals surface area contributed by atoms with Crippen LogP contribution in [-0.2, 0) is 6.54 Å². The number of rotatable bonds is 6. The average Bonchev–Trinajstić information content (AvgIpc) is 3.21. The molecule has 7 nitrogen and oxygen atoms in total. The fourth-order valence-corrected chi connectivity index (χ4v) is 3.42. The van der Waals surface area contributed by atoms with E-state index < -0.39 is 6.10 Å². The van der Waals surface area contributed by atoms with Crippen LogP contribution in [0.15, 0.2) is 65.7 Å². The van der Waals surface area contributed by atoms with Crippen molar-refractivity contribution in [3.05, 3.63) is 82.4 Å². The standard InChI is InChI=1S/C23H23N3O4/c1-15-4-6-16(7-5-15)19-13-20-23(28)25(10-11-26(20)24-19)14-21(27)18-12-17(29-2)8-9-22(18)30-3/h4-13,21,27H,14H2,1-3H3/t21-/m1/s1. The van der Waals surface area contributed by atoms with E-state index in [-0.39, 0.29) is 12.1 Å². The number of aromatic nitrogens is 3. The zero-order valence-electron chi connectivity index (χ0n) is 17.1. The van der Waals surface area contributed by atoms with Crippen molar-refractivity contribution < 1.29 is 14.6 Å². The van der Waals surface area contributed by atoms with E-state index in [0.29, 0.717) is 22.6 Å². The fourth-order valence-electron chi connectivity index (χ4n) is 3.42. The van der Waals surface area contributed by atoms with Crippen LogP contribution in [0.25, 0.3) is 16.8 Å². The van der Waals surface area contributed by atoms with Crippen LogP contribution in [0.5, 0.6) is 11.5 Å². The van der Waals surface area contributed by atoms with E-state index in [1.54, 1.807) is 48.3 Å². The molecule has 4 rings (SSSR count). The lowest BCUT2D eigenvalue weighted by molar-refractivity contribution is 0.151. The second-order valence-electron chi connectivity index (χ2n) is 7.10. The summed E-state index contributed by atoms with van der Waals surface area (Å²) in [6.45, 7) is 2.10. The molecule has 0 aliphatic rings. The number of aliphatic hydroxyl groups excluding tert-OH is 1. The van der Waals surface area contributed by atoms with Gasteiger partial charge in [-0.2, -0.15) is 5.10 Å². The van der Waals surface area contributed by atoms with Gasteiger partial charge in [-0.1, -0.05) is 29.8 Å². The molecule has 0 unspecified atom stereocenters. The number of nitrogens with zero attached hydrogens (tertiary/aromatic N) is 3. The van der Waals surface area contributed by atoms with E-state index in [1.807, 2.05) is 31.2 Å². The van der Waals surface area contributed by atoms with Crippen LogP contribution in [0.1, 0.15) is 17.2 Å². The summed E-state index contributed by atoms with van der Waals surface area (Å²) in [6.07, 6.45) is 2.39. The third-order valence-electron chi connectivity index (χ3n) is 5.12. The minimum atomic E-state index is -0.949. The number of methoxy groups -OCH3 is 2. The Labute approximate surface area is 173 Å². The third kappa shape index (κ3) is 3.67. The maximum absolute atomic E-state index is 13.0. The zero-order chi connectivity index (χ0) is 21.3. The predicted octanol–water partition coefficient (Wildman–Crippen LogP) is 3.22. The fraction of sp³-hybridized carbons (Fsp3) is 0.217. The lowest BCUT2D eigenvalue weighted by atomic mass is 10.1. The summed E-state index contributed by atoms with van der Waals surface area (Å²) in [4.78, 5) is 13.0. The SMILES string of the molecule is COc1ccc(OC)c([C@H](O)Cn2ccn3nc(-c4ccc(C)cc4)cc3c2=O)c1. The molecule has 1 N–H and O–H groups in total. The molecule has 0 bridgehead atoms. The van der Waals surface area contributed by atoms with Crippen molar-refractivity contribution >= 4 is 5.52 Å². The van der Waals surface area contributed by atoms with Gasteiger partial charge in [-0.15, -0.1) is 0 Å². The monoisotopic (exact) mass is 405 g/mol. The molecule has 0 aliphatic carbocycles. The molecular formula is C23H23N3O4. The Morgan fingerprint density at radius 1 is 1.03 bits per heavy atom. The van der Waals surface area contributed by atoms with Gasteiger partial charge in [0.05, 0.1) is 26.5 Å². The normalized spacial score (nSPS) is 12.1. The van der Waals surface area contributed by atoms with E-state index in [1.165, 1.54) is 11.7 Å². The van der Waals surface area contributed by atoms with Crippen LogP contribution in [0.4, 0.5) is 0 Å². The van der Waals surface area contributed by atoms with Gasteiger partial charge in [0.15, 0.2) is 0 Å². The van der Waals surface area contributed by atoms with Gasteiger partial charge in [0.25, 0.3) is 5.56 Å². The average molecular weight is 405 g/mol. The molecule has 2 aromatic heterocycles. The van der Waals surface area contributed by atoms with E-state index in [4.69, 9.17) is 9.47 Å². The highest BCUT2D eigenvalue weighted by Crippen LogP contribution is 2.30. The summed E-state index contributed by atoms with van der Waals surface area (Å²) in [7, 11) is 3.09. The predicted molar refractivity (Wildman–Crippen MR) is 114 cm³/mol. The second-order valence-corrected chi connectivity index (χ2v) is 7.10. The summed E-state index contributed by atoms with van der Waals surface area (Å²) in [6, 6.07) is 14.9. The van der Waals surface area contributed by atoms with Crippen LogP contribution in [0.2, 0.25) is 0 Å². The number of aliphatic hydroxyl groups is 1. The van der Waals surface area contributed by atoms with Crippen LogP contribution in [-0.4, -0.2) is 33.5 Å². The number of benzene rings is 2. The van der Waals surface area contributed by atoms with Gasteiger partial charge < -0.3 is 19.1 Å². The summed E-state index contributed by atoms with van der Waals surface area (Å²) in [5.74, 6) is 1.13. The molecule has 2 heterocycles. The Hall–Kier alpha value is -3.58. The maximum Gasteiger partial charge on any atom is 0.276 e. The molecule has 0 amide bonds. The number of ether oxygens (including phenoxy) is 2. The molecule has 0 saturated carbocycles. The van der Waals surface area contributed by atoms with Crippen LogP contribution in [0, 0.1) is 6.92 Å². The molecule has 2 aromatic carbocycles. The lowest BCUT2D eigenvalue weighted by Crippen LogP contribution is -2.24. The van der Waals surface area contributed by atoms with Crippen LogP contribution >= 0.6 is 0 Å². The molecule has 1 atom stereocenters. The zero-order valence-corrected chi connectivity index (χ0v) is 17.1. The van der Waals surface area contributed by atoms with E-state index >= 15 is 0 Å². The van der Waals surface area contributed by atoms with E-state index in [9.17, 15) is 9.90 Å². The largest absolute Gasteiger partial charge is 0.497 e. The summed E-state index contributed by atoms with van der Waals surface area (Å²) in [5.41, 5.74) is 3.59. The van der Waals surface area contributed by atoms with Gasteiger partial charge in [-0.3, -0.25) is 4.79 Å². The molecule has 0 aliphatic heterocycles. The van der Waals surface area contributed by atoms with Crippen molar-refractivity contribution in [3.8, 4) is 22.8 Å². The Bertz CT molecular complexity index is 1240. The minimum Gasteiger partial charge on any atom is -0.497 e. The Balaban J connectivity index is 1.68. The van der Waals surface area contributed by atoms with Crippen molar-refractivity contribution in [3.63, 3.8) is 0 Å². The van der Waals surface area contributed by atoms with Gasteiger partial charge in [-0.05, 0) is 31.2 Å². The van der Waals surface area contributed by atoms with E-state index in [2.05, 4.69) is 5.10 Å². The Kier molecular flexibility index (Phi) is 5.29. The maximum atomic E-state index is 13.0. The first-order chi connectivity index (χ1) is 14.5. The van der Waals surface area contributed by atoms with Crippen LogP contribution in [0.3, 0.4) is 0 Å². The summed E-state index contributed by atoms with van der Waals surface area (Å²) < 4.78 is 13.6. The summed E-state index contributed by atoms with van der Waals surface area (Å²) >= 11 is 0. The van der Waals surface area contributed by atoms with Gasteiger partial charge in [0.1, 0.15) is 23.1 Å². The first kappa shape index (κ1) is 19.7. The topological polar surface area (TPSA) is 78.0 Å². The lowest BCUT2D eigenvalue weighted by Gasteiger charge is -2.17. The number of fused-ring (bicyclic) bond motifs is 1. The van der Waals surface area contributed by atoms with Gasteiger partial charge in [0.2, 0.25) is 0 Å². The van der Waals surface area contributed by atoms with Crippen molar-refractivity contribution in [2.45, 2.75) is 19.6 Å². The third-order valence-corrected chi connectivity index (χ3v) is 5.12. The molecule has 7 heteroatoms. The molecule has 0 spiro atoms. The van der Waals surface area contributed by atoms with Crippen molar-refractivity contribution in [1.82, 2.24) is 14.2 Å². The number of aryl methyl sites for hydroxylation is 1. The van der Waals surface area contributed by atoms with Gasteiger partial charge in [-0.25, -0.2) is 4.52 Å². The first-order valence-electron chi connectivity index (χ1n) is 9.56. The summed E-state index contributed by atoms with van der Waals surface area (Å²) in [5, 5.41) is 15.3. The van der Waals surface area contributed by atoms with Gasteiger partial charge >= 0.3 is 0 Å². The minimum absolute atomic E-state index is 0.0733. The molecule has 30 heavy (non-hydrogen) atoms. The van der Waals surface area contributed by atoms with Crippen LogP contribution < -0.4 is 15.0 Å². The molecular weight excluding hydrogens is 382 g/mol. The molecule has 154 valence electrons. The van der Waals surface area contributed by atoms with Gasteiger partial charge in [0, 0.05) is 23.5 Å². The molecule has 0 radical (unpaired) electrons. The molecule has 4 aromatic rings. The second kappa shape index (κ2) is 8.04. The Morgan fingerprint density at radius 2 is 1.80 bits per heavy atom. The quantitative estimate of drug-likeness (QED) is 0.533. The van der Waals surface area contributed by atoms with Crippen molar-refractivity contribution in [2.24, 2.45) is 0 Å².